The number of hydrogen-bond acceptors (Lipinski definition) is 9. The Hall–Kier alpha value is -3.65. The maximum absolute atomic E-state index is 9.39. The van der Waals surface area contributed by atoms with Gasteiger partial charge in [-0.25, -0.2) is 0 Å². The average Bonchev–Trinajstić information content (AvgIpc) is 3.64. The normalized spacial score (nSPS) is 21.0. The summed E-state index contributed by atoms with van der Waals surface area (Å²) in [7, 11) is 2.14. The van der Waals surface area contributed by atoms with Gasteiger partial charge in [0.15, 0.2) is 0 Å². The topological polar surface area (TPSA) is 115 Å². The quantitative estimate of drug-likeness (QED) is 0.334. The van der Waals surface area contributed by atoms with E-state index in [0.29, 0.717) is 43.3 Å². The van der Waals surface area contributed by atoms with Crippen LogP contribution >= 0.6 is 11.6 Å². The number of nitriles is 1. The predicted octanol–water partition coefficient (Wildman–Crippen LogP) is 4.62. The van der Waals surface area contributed by atoms with Crippen molar-refractivity contribution in [3.8, 4) is 29.0 Å². The van der Waals surface area contributed by atoms with E-state index in [4.69, 9.17) is 31.0 Å². The van der Waals surface area contributed by atoms with Crippen molar-refractivity contribution in [1.29, 1.82) is 5.26 Å². The molecule has 2 N–H and O–H groups in total. The first kappa shape index (κ1) is 27.2. The molecule has 0 bridgehead atoms. The summed E-state index contributed by atoms with van der Waals surface area (Å²) in [5.41, 5.74) is 5.73. The van der Waals surface area contributed by atoms with Crippen molar-refractivity contribution in [3.05, 3.63) is 34.5 Å². The number of fused-ring (bicyclic) bond motifs is 4. The standard InChI is InChI=1S/C31H35ClN8O2/c1-18-13-24-23(15-35-38-24)26(28(18)32)22-14-25-27(29-21(22)6-4-12-41-29)30(40-11-9-34-19(16-40)7-8-33)37-31(36-25)42-17-20-5-3-10-39(20)2/h13-15,19-20,34H,3-7,9-12,16-17H2,1-2H3,(H,35,38)/t19-,20?/m0/s1. The van der Waals surface area contributed by atoms with Crippen molar-refractivity contribution >= 4 is 39.2 Å². The molecule has 3 aliphatic rings. The average molecular weight is 587 g/mol. The number of aryl methyl sites for hydroxylation is 1. The van der Waals surface area contributed by atoms with E-state index >= 15 is 0 Å². The van der Waals surface area contributed by atoms with Crippen LogP contribution in [0.2, 0.25) is 5.02 Å². The first-order valence-corrected chi connectivity index (χ1v) is 15.2. The number of aromatic nitrogens is 4. The van der Waals surface area contributed by atoms with Gasteiger partial charge in [-0.15, -0.1) is 0 Å². The van der Waals surface area contributed by atoms with Crippen LogP contribution in [0.5, 0.6) is 11.8 Å². The van der Waals surface area contributed by atoms with Gasteiger partial charge in [0.2, 0.25) is 0 Å². The summed E-state index contributed by atoms with van der Waals surface area (Å²) >= 11 is 7.04. The van der Waals surface area contributed by atoms with Gasteiger partial charge in [0.05, 0.1) is 46.7 Å². The summed E-state index contributed by atoms with van der Waals surface area (Å²) in [6.07, 6.45) is 6.30. The molecule has 3 aliphatic heterocycles. The minimum Gasteiger partial charge on any atom is -0.492 e. The molecule has 4 aromatic rings. The largest absolute Gasteiger partial charge is 0.492 e. The zero-order chi connectivity index (χ0) is 28.8. The molecule has 0 radical (unpaired) electrons. The lowest BCUT2D eigenvalue weighted by Gasteiger charge is -2.35. The number of hydrogen-bond donors (Lipinski definition) is 2. The zero-order valence-electron chi connectivity index (χ0n) is 24.0. The smallest absolute Gasteiger partial charge is 0.319 e. The van der Waals surface area contributed by atoms with Gasteiger partial charge in [0.25, 0.3) is 0 Å². The minimum absolute atomic E-state index is 0.0572. The van der Waals surface area contributed by atoms with Crippen LogP contribution in [0.3, 0.4) is 0 Å². The molecule has 2 fully saturated rings. The van der Waals surface area contributed by atoms with Crippen LogP contribution in [0.1, 0.15) is 36.8 Å². The molecule has 2 atom stereocenters. The summed E-state index contributed by atoms with van der Waals surface area (Å²) in [5, 5.41) is 22.9. The number of anilines is 1. The number of halogens is 1. The molecule has 0 amide bonds. The lowest BCUT2D eigenvalue weighted by atomic mass is 9.90. The SMILES string of the molecule is Cc1cc2[nH]ncc2c(-c2cc3nc(OCC4CCCN4C)nc(N4CCN[C@@H](CC#N)C4)c3c3c2CCCO3)c1Cl. The third kappa shape index (κ3) is 4.79. The zero-order valence-corrected chi connectivity index (χ0v) is 24.8. The first-order chi connectivity index (χ1) is 20.5. The highest BCUT2D eigenvalue weighted by Crippen LogP contribution is 2.47. The molecule has 0 aliphatic carbocycles. The number of H-pyrrole nitrogens is 1. The number of ether oxygens (including phenoxy) is 2. The van der Waals surface area contributed by atoms with Crippen LogP contribution in [0.4, 0.5) is 5.82 Å². The van der Waals surface area contributed by atoms with Crippen molar-refractivity contribution in [2.45, 2.75) is 51.1 Å². The predicted molar refractivity (Wildman–Crippen MR) is 164 cm³/mol. The van der Waals surface area contributed by atoms with E-state index in [1.807, 2.05) is 19.2 Å². The van der Waals surface area contributed by atoms with Gasteiger partial charge in [-0.1, -0.05) is 11.6 Å². The van der Waals surface area contributed by atoms with Gasteiger partial charge < -0.3 is 24.6 Å². The molecule has 2 aromatic carbocycles. The molecule has 218 valence electrons. The molecule has 0 saturated carbocycles. The van der Waals surface area contributed by atoms with Gasteiger partial charge >= 0.3 is 6.01 Å². The van der Waals surface area contributed by atoms with Crippen molar-refractivity contribution in [2.24, 2.45) is 0 Å². The molecule has 10 nitrogen and oxygen atoms in total. The van der Waals surface area contributed by atoms with Gasteiger partial charge in [0.1, 0.15) is 18.2 Å². The lowest BCUT2D eigenvalue weighted by molar-refractivity contribution is 0.188. The Kier molecular flexibility index (Phi) is 7.26. The van der Waals surface area contributed by atoms with E-state index in [9.17, 15) is 5.26 Å². The molecule has 1 unspecified atom stereocenters. The van der Waals surface area contributed by atoms with Crippen molar-refractivity contribution in [2.75, 3.05) is 51.3 Å². The number of piperazine rings is 1. The van der Waals surface area contributed by atoms with Gasteiger partial charge in [0, 0.05) is 48.2 Å². The van der Waals surface area contributed by atoms with E-state index < -0.39 is 0 Å². The number of aromatic amines is 1. The number of likely N-dealkylation sites (tertiary alicyclic amines) is 1. The maximum Gasteiger partial charge on any atom is 0.319 e. The Bertz CT molecular complexity index is 1700. The number of rotatable bonds is 6. The highest BCUT2D eigenvalue weighted by atomic mass is 35.5. The van der Waals surface area contributed by atoms with Crippen LogP contribution in [-0.2, 0) is 6.42 Å². The highest BCUT2D eigenvalue weighted by molar-refractivity contribution is 6.36. The molecule has 5 heterocycles. The second-order valence-corrected chi connectivity index (χ2v) is 12.0. The van der Waals surface area contributed by atoms with E-state index in [1.54, 1.807) is 0 Å². The van der Waals surface area contributed by atoms with Crippen molar-refractivity contribution in [1.82, 2.24) is 30.4 Å². The summed E-state index contributed by atoms with van der Waals surface area (Å²) < 4.78 is 12.8. The summed E-state index contributed by atoms with van der Waals surface area (Å²) in [6, 6.07) is 7.24. The Balaban J connectivity index is 1.43. The number of nitrogens with one attached hydrogen (secondary N) is 2. The van der Waals surface area contributed by atoms with Crippen LogP contribution in [0, 0.1) is 18.3 Å². The first-order valence-electron chi connectivity index (χ1n) is 14.8. The van der Waals surface area contributed by atoms with Crippen molar-refractivity contribution in [3.63, 3.8) is 0 Å². The molecule has 2 aromatic heterocycles. The van der Waals surface area contributed by atoms with Crippen LogP contribution in [-0.4, -0.2) is 83.6 Å². The van der Waals surface area contributed by atoms with Crippen LogP contribution < -0.4 is 19.7 Å². The summed E-state index contributed by atoms with van der Waals surface area (Å²) in [5.74, 6) is 1.61. The Morgan fingerprint density at radius 1 is 1.24 bits per heavy atom. The third-order valence-corrected chi connectivity index (χ3v) is 9.41. The molecule has 11 heteroatoms. The Morgan fingerprint density at radius 2 is 2.14 bits per heavy atom. The van der Waals surface area contributed by atoms with Gasteiger partial charge in [-0.2, -0.15) is 20.3 Å². The Labute approximate surface area is 250 Å². The fraction of sp³-hybridized carbons (Fsp3) is 0.484. The minimum atomic E-state index is 0.0572. The van der Waals surface area contributed by atoms with E-state index in [0.717, 1.165) is 94.5 Å². The van der Waals surface area contributed by atoms with Gasteiger partial charge in [-0.3, -0.25) is 5.10 Å². The number of nitrogens with zero attached hydrogens (tertiary/aromatic N) is 6. The molecule has 0 spiro atoms. The van der Waals surface area contributed by atoms with Crippen LogP contribution in [0.15, 0.2) is 18.3 Å². The monoisotopic (exact) mass is 586 g/mol. The van der Waals surface area contributed by atoms with Gasteiger partial charge in [-0.05, 0) is 69.5 Å². The lowest BCUT2D eigenvalue weighted by Crippen LogP contribution is -2.51. The van der Waals surface area contributed by atoms with Crippen molar-refractivity contribution < 1.29 is 9.47 Å². The molecule has 42 heavy (non-hydrogen) atoms. The second kappa shape index (κ2) is 11.2. The van der Waals surface area contributed by atoms with E-state index in [-0.39, 0.29) is 6.04 Å². The number of likely N-dealkylation sites (N-methyl/N-ethyl adjacent to an activating group) is 1. The molecule has 7 rings (SSSR count). The maximum atomic E-state index is 9.39. The number of benzene rings is 2. The van der Waals surface area contributed by atoms with E-state index in [1.165, 1.54) is 6.42 Å². The second-order valence-electron chi connectivity index (χ2n) is 11.7. The fourth-order valence-corrected chi connectivity index (χ4v) is 6.96. The molecular formula is C31H35ClN8O2. The summed E-state index contributed by atoms with van der Waals surface area (Å²) in [6.45, 7) is 6.44. The third-order valence-electron chi connectivity index (χ3n) is 8.93. The summed E-state index contributed by atoms with van der Waals surface area (Å²) in [4.78, 5) is 14.6. The highest BCUT2D eigenvalue weighted by Gasteiger charge is 2.30. The molecule has 2 saturated heterocycles. The van der Waals surface area contributed by atoms with Crippen LogP contribution in [0.25, 0.3) is 32.9 Å². The fourth-order valence-electron chi connectivity index (χ4n) is 6.70. The van der Waals surface area contributed by atoms with E-state index in [2.05, 4.69) is 44.5 Å². The Morgan fingerprint density at radius 3 is 2.98 bits per heavy atom. The molecular weight excluding hydrogens is 552 g/mol.